The van der Waals surface area contributed by atoms with Gasteiger partial charge in [0.15, 0.2) is 11.5 Å². The van der Waals surface area contributed by atoms with Crippen LogP contribution < -0.4 is 10.6 Å². The molecular weight excluding hydrogens is 204 g/mol. The lowest BCUT2D eigenvalue weighted by Gasteiger charge is -2.19. The number of aromatic nitrogens is 1. The Morgan fingerprint density at radius 3 is 2.94 bits per heavy atom. The SMILES string of the molecule is CCN=C1NC(=O)C(C)(c2ccccn2)N1. The van der Waals surface area contributed by atoms with Crippen LogP contribution in [0, 0.1) is 0 Å². The number of carbonyl (C=O) groups excluding carboxylic acids is 1. The van der Waals surface area contributed by atoms with Gasteiger partial charge < -0.3 is 5.32 Å². The van der Waals surface area contributed by atoms with E-state index in [0.29, 0.717) is 18.2 Å². The summed E-state index contributed by atoms with van der Waals surface area (Å²) < 4.78 is 0. The highest BCUT2D eigenvalue weighted by Crippen LogP contribution is 2.21. The Morgan fingerprint density at radius 1 is 1.50 bits per heavy atom. The first-order chi connectivity index (χ1) is 7.66. The topological polar surface area (TPSA) is 66.4 Å². The molecule has 16 heavy (non-hydrogen) atoms. The first-order valence-electron chi connectivity index (χ1n) is 5.22. The van der Waals surface area contributed by atoms with Crippen molar-refractivity contribution >= 4 is 11.9 Å². The summed E-state index contributed by atoms with van der Waals surface area (Å²) in [4.78, 5) is 20.2. The molecule has 1 aromatic rings. The molecule has 1 aliphatic rings. The molecule has 0 saturated carbocycles. The van der Waals surface area contributed by atoms with Gasteiger partial charge in [-0.25, -0.2) is 0 Å². The van der Waals surface area contributed by atoms with Crippen LogP contribution in [0.4, 0.5) is 0 Å². The number of guanidine groups is 1. The summed E-state index contributed by atoms with van der Waals surface area (Å²) in [5.41, 5.74) is -0.135. The molecule has 1 saturated heterocycles. The van der Waals surface area contributed by atoms with E-state index in [1.54, 1.807) is 13.1 Å². The summed E-state index contributed by atoms with van der Waals surface area (Å²) in [7, 11) is 0. The van der Waals surface area contributed by atoms with Crippen LogP contribution in [0.15, 0.2) is 29.4 Å². The Morgan fingerprint density at radius 2 is 2.31 bits per heavy atom. The average Bonchev–Trinajstić information content (AvgIpc) is 2.57. The number of nitrogens with one attached hydrogen (secondary N) is 2. The van der Waals surface area contributed by atoms with Crippen molar-refractivity contribution in [1.82, 2.24) is 15.6 Å². The van der Waals surface area contributed by atoms with Crippen molar-refractivity contribution in [2.75, 3.05) is 6.54 Å². The monoisotopic (exact) mass is 218 g/mol. The van der Waals surface area contributed by atoms with Gasteiger partial charge >= 0.3 is 0 Å². The maximum absolute atomic E-state index is 11.9. The number of nitrogens with zero attached hydrogens (tertiary/aromatic N) is 2. The number of hydrogen-bond donors (Lipinski definition) is 2. The lowest BCUT2D eigenvalue weighted by molar-refractivity contribution is -0.123. The molecule has 5 heteroatoms. The minimum absolute atomic E-state index is 0.126. The van der Waals surface area contributed by atoms with Crippen LogP contribution in [0.3, 0.4) is 0 Å². The van der Waals surface area contributed by atoms with Crippen LogP contribution in [0.25, 0.3) is 0 Å². The molecule has 2 N–H and O–H groups in total. The average molecular weight is 218 g/mol. The third kappa shape index (κ3) is 1.64. The normalized spacial score (nSPS) is 26.6. The van der Waals surface area contributed by atoms with Gasteiger partial charge in [0, 0.05) is 12.7 Å². The minimum atomic E-state index is -0.824. The zero-order valence-electron chi connectivity index (χ0n) is 9.32. The molecule has 2 heterocycles. The third-order valence-electron chi connectivity index (χ3n) is 2.55. The standard InChI is InChI=1S/C11H14N4O/c1-3-12-10-14-9(16)11(2,15-10)8-6-4-5-7-13-8/h4-7H,3H2,1-2H3,(H2,12,14,15,16). The molecule has 1 unspecified atom stereocenters. The molecule has 1 aliphatic heterocycles. The second-order valence-corrected chi connectivity index (χ2v) is 3.74. The molecule has 5 nitrogen and oxygen atoms in total. The lowest BCUT2D eigenvalue weighted by atomic mass is 9.98. The van der Waals surface area contributed by atoms with Gasteiger partial charge in [-0.3, -0.25) is 20.1 Å². The molecular formula is C11H14N4O. The van der Waals surface area contributed by atoms with Crippen LogP contribution >= 0.6 is 0 Å². The second-order valence-electron chi connectivity index (χ2n) is 3.74. The van der Waals surface area contributed by atoms with Gasteiger partial charge in [0.1, 0.15) is 0 Å². The largest absolute Gasteiger partial charge is 0.337 e. The van der Waals surface area contributed by atoms with Crippen molar-refractivity contribution in [2.45, 2.75) is 19.4 Å². The Balaban J connectivity index is 2.34. The zero-order chi connectivity index (χ0) is 11.6. The van der Waals surface area contributed by atoms with E-state index in [2.05, 4.69) is 20.6 Å². The molecule has 0 radical (unpaired) electrons. The Bertz CT molecular complexity index is 429. The highest BCUT2D eigenvalue weighted by atomic mass is 16.2. The van der Waals surface area contributed by atoms with Gasteiger partial charge in [-0.2, -0.15) is 0 Å². The van der Waals surface area contributed by atoms with E-state index < -0.39 is 5.54 Å². The molecule has 1 fully saturated rings. The number of amides is 1. The number of pyridine rings is 1. The van der Waals surface area contributed by atoms with Gasteiger partial charge in [-0.1, -0.05) is 6.07 Å². The van der Waals surface area contributed by atoms with Crippen molar-refractivity contribution < 1.29 is 4.79 Å². The number of rotatable bonds is 2. The summed E-state index contributed by atoms with van der Waals surface area (Å²) in [6.45, 7) is 4.33. The van der Waals surface area contributed by atoms with Crippen molar-refractivity contribution in [1.29, 1.82) is 0 Å². The zero-order valence-corrected chi connectivity index (χ0v) is 9.32. The van der Waals surface area contributed by atoms with Crippen LogP contribution in [0.1, 0.15) is 19.5 Å². The van der Waals surface area contributed by atoms with E-state index in [-0.39, 0.29) is 5.91 Å². The van der Waals surface area contributed by atoms with E-state index in [0.717, 1.165) is 0 Å². The lowest BCUT2D eigenvalue weighted by Crippen LogP contribution is -2.41. The fraction of sp³-hybridized carbons (Fsp3) is 0.364. The summed E-state index contributed by atoms with van der Waals surface area (Å²) in [6, 6.07) is 5.50. The maximum Gasteiger partial charge on any atom is 0.258 e. The van der Waals surface area contributed by atoms with Gasteiger partial charge in [0.05, 0.1) is 5.69 Å². The molecule has 1 aromatic heterocycles. The van der Waals surface area contributed by atoms with Crippen LogP contribution in [0.2, 0.25) is 0 Å². The van der Waals surface area contributed by atoms with E-state index in [9.17, 15) is 4.79 Å². The highest BCUT2D eigenvalue weighted by molar-refractivity contribution is 6.08. The first-order valence-corrected chi connectivity index (χ1v) is 5.22. The fourth-order valence-electron chi connectivity index (χ4n) is 1.63. The van der Waals surface area contributed by atoms with Crippen LogP contribution in [-0.4, -0.2) is 23.4 Å². The predicted molar refractivity (Wildman–Crippen MR) is 60.8 cm³/mol. The Labute approximate surface area is 94.0 Å². The molecule has 84 valence electrons. The van der Waals surface area contributed by atoms with E-state index in [4.69, 9.17) is 0 Å². The quantitative estimate of drug-likeness (QED) is 0.754. The highest BCUT2D eigenvalue weighted by Gasteiger charge is 2.43. The molecule has 1 atom stereocenters. The van der Waals surface area contributed by atoms with Gasteiger partial charge in [0.25, 0.3) is 5.91 Å². The van der Waals surface area contributed by atoms with Crippen LogP contribution in [-0.2, 0) is 10.3 Å². The summed E-state index contributed by atoms with van der Waals surface area (Å²) in [5, 5.41) is 5.76. The summed E-state index contributed by atoms with van der Waals surface area (Å²) in [6.07, 6.45) is 1.67. The Kier molecular flexibility index (Phi) is 2.60. The van der Waals surface area contributed by atoms with Crippen molar-refractivity contribution in [3.63, 3.8) is 0 Å². The predicted octanol–water partition coefficient (Wildman–Crippen LogP) is 0.392. The van der Waals surface area contributed by atoms with E-state index in [1.807, 2.05) is 25.1 Å². The molecule has 0 aromatic carbocycles. The molecule has 0 spiro atoms. The first kappa shape index (κ1) is 10.6. The van der Waals surface area contributed by atoms with E-state index >= 15 is 0 Å². The third-order valence-corrected chi connectivity index (χ3v) is 2.55. The van der Waals surface area contributed by atoms with Crippen LogP contribution in [0.5, 0.6) is 0 Å². The molecule has 0 bridgehead atoms. The maximum atomic E-state index is 11.9. The summed E-state index contributed by atoms with van der Waals surface area (Å²) >= 11 is 0. The number of carbonyl (C=O) groups is 1. The van der Waals surface area contributed by atoms with Crippen molar-refractivity contribution in [2.24, 2.45) is 4.99 Å². The van der Waals surface area contributed by atoms with Crippen molar-refractivity contribution in [3.05, 3.63) is 30.1 Å². The second kappa shape index (κ2) is 3.92. The van der Waals surface area contributed by atoms with E-state index in [1.165, 1.54) is 0 Å². The van der Waals surface area contributed by atoms with Gasteiger partial charge in [-0.05, 0) is 26.0 Å². The number of hydrogen-bond acceptors (Lipinski definition) is 3. The van der Waals surface area contributed by atoms with Gasteiger partial charge in [0.2, 0.25) is 0 Å². The molecule has 0 aliphatic carbocycles. The Hall–Kier alpha value is -1.91. The minimum Gasteiger partial charge on any atom is -0.337 e. The molecule has 1 amide bonds. The molecule has 2 rings (SSSR count). The smallest absolute Gasteiger partial charge is 0.258 e. The number of aliphatic imine (C=N–C) groups is 1. The van der Waals surface area contributed by atoms with Gasteiger partial charge in [-0.15, -0.1) is 0 Å². The summed E-state index contributed by atoms with van der Waals surface area (Å²) in [5.74, 6) is 0.388. The van der Waals surface area contributed by atoms with Crippen molar-refractivity contribution in [3.8, 4) is 0 Å². The fourth-order valence-corrected chi connectivity index (χ4v) is 1.63.